The molecule has 3 rings (SSSR count). The van der Waals surface area contributed by atoms with Crippen LogP contribution in [-0.2, 0) is 19.3 Å². The summed E-state index contributed by atoms with van der Waals surface area (Å²) in [6.45, 7) is 6.68. The molecule has 2 aromatic carbocycles. The van der Waals surface area contributed by atoms with Crippen molar-refractivity contribution >= 4 is 0 Å². The van der Waals surface area contributed by atoms with Crippen molar-refractivity contribution in [1.82, 2.24) is 5.16 Å². The number of benzene rings is 2. The molecular formula is C21H23NO. The monoisotopic (exact) mass is 305 g/mol. The van der Waals surface area contributed by atoms with Crippen LogP contribution < -0.4 is 0 Å². The maximum absolute atomic E-state index is 5.31. The summed E-state index contributed by atoms with van der Waals surface area (Å²) in [5, 5.41) is 4.29. The van der Waals surface area contributed by atoms with Gasteiger partial charge in [-0.05, 0) is 53.6 Å². The van der Waals surface area contributed by atoms with Crippen LogP contribution in [0.4, 0.5) is 0 Å². The largest absolute Gasteiger partial charge is 0.363 e. The van der Waals surface area contributed by atoms with Gasteiger partial charge >= 0.3 is 0 Å². The third-order valence-corrected chi connectivity index (χ3v) is 4.48. The van der Waals surface area contributed by atoms with Gasteiger partial charge < -0.3 is 4.52 Å². The van der Waals surface area contributed by atoms with E-state index in [0.717, 1.165) is 41.6 Å². The Kier molecular flexibility index (Phi) is 4.61. The normalized spacial score (nSPS) is 10.9. The fourth-order valence-electron chi connectivity index (χ4n) is 3.29. The first-order valence-electron chi connectivity index (χ1n) is 8.43. The van der Waals surface area contributed by atoms with Gasteiger partial charge in [0.25, 0.3) is 0 Å². The van der Waals surface area contributed by atoms with Gasteiger partial charge in [0.1, 0.15) is 12.0 Å². The van der Waals surface area contributed by atoms with Gasteiger partial charge in [0.05, 0.1) is 0 Å². The predicted molar refractivity (Wildman–Crippen MR) is 95.5 cm³/mol. The Hall–Kier alpha value is -2.35. The van der Waals surface area contributed by atoms with E-state index in [9.17, 15) is 0 Å². The maximum atomic E-state index is 5.31. The molecule has 0 N–H and O–H groups in total. The van der Waals surface area contributed by atoms with Crippen molar-refractivity contribution in [3.8, 4) is 22.4 Å². The number of aromatic nitrogens is 1. The Morgan fingerprint density at radius 3 is 2.04 bits per heavy atom. The zero-order valence-corrected chi connectivity index (χ0v) is 14.1. The van der Waals surface area contributed by atoms with Crippen molar-refractivity contribution in [2.45, 2.75) is 40.0 Å². The fourth-order valence-corrected chi connectivity index (χ4v) is 3.29. The molecule has 1 aromatic heterocycles. The van der Waals surface area contributed by atoms with Crippen molar-refractivity contribution in [1.29, 1.82) is 0 Å². The van der Waals surface area contributed by atoms with Crippen LogP contribution in [0.15, 0.2) is 53.3 Å². The lowest BCUT2D eigenvalue weighted by atomic mass is 9.91. The molecule has 0 saturated carbocycles. The average molecular weight is 305 g/mol. The van der Waals surface area contributed by atoms with E-state index in [4.69, 9.17) is 4.52 Å². The molecule has 2 heteroatoms. The first-order chi connectivity index (χ1) is 11.3. The highest BCUT2D eigenvalue weighted by molar-refractivity contribution is 5.80. The zero-order chi connectivity index (χ0) is 16.2. The second-order valence-corrected chi connectivity index (χ2v) is 5.78. The summed E-state index contributed by atoms with van der Waals surface area (Å²) in [5.74, 6) is 0. The Bertz CT molecular complexity index is 762. The highest BCUT2D eigenvalue weighted by atomic mass is 16.5. The topological polar surface area (TPSA) is 26.0 Å². The number of aryl methyl sites for hydroxylation is 2. The molecule has 0 spiro atoms. The summed E-state index contributed by atoms with van der Waals surface area (Å²) in [5.41, 5.74) is 8.61. The molecule has 0 aliphatic carbocycles. The number of nitrogens with zero attached hydrogens (tertiary/aromatic N) is 1. The van der Waals surface area contributed by atoms with Crippen LogP contribution >= 0.6 is 0 Å². The lowest BCUT2D eigenvalue weighted by Crippen LogP contribution is -1.99. The molecule has 0 unspecified atom stereocenters. The predicted octanol–water partition coefficient (Wildman–Crippen LogP) is 5.70. The third kappa shape index (κ3) is 2.94. The Labute approximate surface area is 138 Å². The Morgan fingerprint density at radius 1 is 0.826 bits per heavy atom. The van der Waals surface area contributed by atoms with Crippen molar-refractivity contribution in [2.75, 3.05) is 0 Å². The molecule has 0 aliphatic heterocycles. The van der Waals surface area contributed by atoms with Gasteiger partial charge in [-0.3, -0.25) is 0 Å². The second-order valence-electron chi connectivity index (χ2n) is 5.78. The van der Waals surface area contributed by atoms with Gasteiger partial charge in [0.15, 0.2) is 0 Å². The minimum atomic E-state index is 0.934. The van der Waals surface area contributed by atoms with E-state index in [1.165, 1.54) is 16.7 Å². The first kappa shape index (κ1) is 15.5. The molecule has 0 fully saturated rings. The molecule has 0 amide bonds. The molecular weight excluding hydrogens is 282 g/mol. The summed E-state index contributed by atoms with van der Waals surface area (Å²) in [4.78, 5) is 0. The molecule has 0 aliphatic rings. The van der Waals surface area contributed by atoms with Gasteiger partial charge in [0, 0.05) is 11.1 Å². The summed E-state index contributed by atoms with van der Waals surface area (Å²) < 4.78 is 5.31. The standard InChI is InChI=1S/C21H23NO/c1-4-15-12-18(13-16(5-2)19(15)6-3)21-20(14-23-22-21)17-10-8-7-9-11-17/h7-14H,4-6H2,1-3H3. The molecule has 3 aromatic rings. The van der Waals surface area contributed by atoms with E-state index in [2.05, 4.69) is 50.2 Å². The van der Waals surface area contributed by atoms with E-state index in [1.54, 1.807) is 6.26 Å². The first-order valence-corrected chi connectivity index (χ1v) is 8.43. The molecule has 23 heavy (non-hydrogen) atoms. The van der Waals surface area contributed by atoms with Crippen LogP contribution in [0.3, 0.4) is 0 Å². The number of rotatable bonds is 5. The Balaban J connectivity index is 2.15. The molecule has 0 saturated heterocycles. The summed E-state index contributed by atoms with van der Waals surface area (Å²) >= 11 is 0. The van der Waals surface area contributed by atoms with E-state index >= 15 is 0 Å². The van der Waals surface area contributed by atoms with Gasteiger partial charge in [-0.2, -0.15) is 0 Å². The lowest BCUT2D eigenvalue weighted by molar-refractivity contribution is 0.422. The SMILES string of the molecule is CCc1cc(-c2nocc2-c2ccccc2)cc(CC)c1CC. The maximum Gasteiger partial charge on any atom is 0.132 e. The molecule has 1 heterocycles. The van der Waals surface area contributed by atoms with Crippen LogP contribution in [0.2, 0.25) is 0 Å². The van der Waals surface area contributed by atoms with Gasteiger partial charge in [-0.25, -0.2) is 0 Å². The minimum absolute atomic E-state index is 0.934. The quantitative estimate of drug-likeness (QED) is 0.604. The minimum Gasteiger partial charge on any atom is -0.363 e. The van der Waals surface area contributed by atoms with Crippen LogP contribution in [0, 0.1) is 0 Å². The molecule has 0 bridgehead atoms. The van der Waals surface area contributed by atoms with Crippen LogP contribution in [0.1, 0.15) is 37.5 Å². The highest BCUT2D eigenvalue weighted by Crippen LogP contribution is 2.33. The molecule has 2 nitrogen and oxygen atoms in total. The van der Waals surface area contributed by atoms with Crippen molar-refractivity contribution in [2.24, 2.45) is 0 Å². The average Bonchev–Trinajstić information content (AvgIpc) is 3.10. The summed E-state index contributed by atoms with van der Waals surface area (Å²) in [6, 6.07) is 14.9. The van der Waals surface area contributed by atoms with Crippen LogP contribution in [0.25, 0.3) is 22.4 Å². The molecule has 0 atom stereocenters. The molecule has 0 radical (unpaired) electrons. The van der Waals surface area contributed by atoms with E-state index in [0.29, 0.717) is 0 Å². The van der Waals surface area contributed by atoms with Gasteiger partial charge in [-0.15, -0.1) is 0 Å². The summed E-state index contributed by atoms with van der Waals surface area (Å²) in [6.07, 6.45) is 4.91. The van der Waals surface area contributed by atoms with E-state index in [-0.39, 0.29) is 0 Å². The van der Waals surface area contributed by atoms with Crippen molar-refractivity contribution in [3.63, 3.8) is 0 Å². The zero-order valence-electron chi connectivity index (χ0n) is 14.1. The molecule has 118 valence electrons. The van der Waals surface area contributed by atoms with E-state index < -0.39 is 0 Å². The van der Waals surface area contributed by atoms with Crippen molar-refractivity contribution in [3.05, 3.63) is 65.4 Å². The second kappa shape index (κ2) is 6.82. The van der Waals surface area contributed by atoms with Gasteiger partial charge in [-0.1, -0.05) is 56.3 Å². The van der Waals surface area contributed by atoms with Gasteiger partial charge in [0.2, 0.25) is 0 Å². The Morgan fingerprint density at radius 2 is 1.48 bits per heavy atom. The number of hydrogen-bond donors (Lipinski definition) is 0. The lowest BCUT2D eigenvalue weighted by Gasteiger charge is -2.14. The van der Waals surface area contributed by atoms with Crippen LogP contribution in [0.5, 0.6) is 0 Å². The summed E-state index contributed by atoms with van der Waals surface area (Å²) in [7, 11) is 0. The van der Waals surface area contributed by atoms with Crippen LogP contribution in [-0.4, -0.2) is 5.16 Å². The smallest absolute Gasteiger partial charge is 0.132 e. The van der Waals surface area contributed by atoms with Crippen molar-refractivity contribution < 1.29 is 4.52 Å². The number of hydrogen-bond acceptors (Lipinski definition) is 2. The highest BCUT2D eigenvalue weighted by Gasteiger charge is 2.15. The van der Waals surface area contributed by atoms with E-state index in [1.807, 2.05) is 18.2 Å². The fraction of sp³-hybridized carbons (Fsp3) is 0.286. The third-order valence-electron chi connectivity index (χ3n) is 4.48.